The number of aliphatic hydroxyl groups excluding tert-OH is 1. The highest BCUT2D eigenvalue weighted by atomic mass is 16.3. The quantitative estimate of drug-likeness (QED) is 0.451. The molecule has 0 aliphatic rings. The smallest absolute Gasteiger partial charge is 0.0806 e. The van der Waals surface area contributed by atoms with Crippen LogP contribution in [0.25, 0.3) is 0 Å². The van der Waals surface area contributed by atoms with Gasteiger partial charge in [-0.15, -0.1) is 0 Å². The summed E-state index contributed by atoms with van der Waals surface area (Å²) in [5, 5.41) is 8.20. The zero-order valence-electron chi connectivity index (χ0n) is 4.10. The lowest BCUT2D eigenvalue weighted by atomic mass is 10.5. The van der Waals surface area contributed by atoms with Gasteiger partial charge in [0.25, 0.3) is 0 Å². The molecule has 0 saturated heterocycles. The summed E-state index contributed by atoms with van der Waals surface area (Å²) < 4.78 is 0. The summed E-state index contributed by atoms with van der Waals surface area (Å²) in [6.07, 6.45) is 0. The lowest BCUT2D eigenvalue weighted by Gasteiger charge is -1.83. The third-order valence-corrected chi connectivity index (χ3v) is 0.611. The summed E-state index contributed by atoms with van der Waals surface area (Å²) in [4.78, 5) is 3.67. The topological polar surface area (TPSA) is 32.6 Å². The van der Waals surface area contributed by atoms with E-state index in [1.54, 1.807) is 14.0 Å². The first-order chi connectivity index (χ1) is 2.81. The average molecular weight is 87.1 g/mol. The lowest BCUT2D eigenvalue weighted by molar-refractivity contribution is 0.356. The molecule has 1 N–H and O–H groups in total. The molecule has 0 unspecified atom stereocenters. The standard InChI is InChI=1S/C4H9NO/c1-4(3-6)5-2/h6H,3H2,1-2H3/b5-4+. The van der Waals surface area contributed by atoms with Crippen LogP contribution in [-0.2, 0) is 0 Å². The fraction of sp³-hybridized carbons (Fsp3) is 0.750. The van der Waals surface area contributed by atoms with E-state index in [4.69, 9.17) is 5.11 Å². The maximum Gasteiger partial charge on any atom is 0.0806 e. The third kappa shape index (κ3) is 1.91. The van der Waals surface area contributed by atoms with E-state index >= 15 is 0 Å². The molecule has 2 heteroatoms. The molecule has 0 fully saturated rings. The van der Waals surface area contributed by atoms with Crippen LogP contribution in [-0.4, -0.2) is 24.5 Å². The average Bonchev–Trinajstić information content (AvgIpc) is 1.65. The van der Waals surface area contributed by atoms with Crippen molar-refractivity contribution in [3.8, 4) is 0 Å². The summed E-state index contributed by atoms with van der Waals surface area (Å²) in [5.74, 6) is 0. The molecule has 0 atom stereocenters. The summed E-state index contributed by atoms with van der Waals surface area (Å²) in [7, 11) is 1.66. The zero-order valence-corrected chi connectivity index (χ0v) is 4.10. The van der Waals surface area contributed by atoms with Crippen molar-refractivity contribution >= 4 is 5.71 Å². The minimum absolute atomic E-state index is 0.0799. The van der Waals surface area contributed by atoms with E-state index in [0.29, 0.717) is 0 Å². The largest absolute Gasteiger partial charge is 0.390 e. The van der Waals surface area contributed by atoms with Crippen LogP contribution in [0.4, 0.5) is 0 Å². The molecule has 0 radical (unpaired) electrons. The van der Waals surface area contributed by atoms with E-state index in [9.17, 15) is 0 Å². The van der Waals surface area contributed by atoms with Gasteiger partial charge in [-0.25, -0.2) is 0 Å². The van der Waals surface area contributed by atoms with Crippen LogP contribution in [0.1, 0.15) is 6.92 Å². The molecule has 6 heavy (non-hydrogen) atoms. The highest BCUT2D eigenvalue weighted by Gasteiger charge is 1.76. The Kier molecular flexibility index (Phi) is 2.67. The summed E-state index contributed by atoms with van der Waals surface area (Å²) >= 11 is 0. The molecule has 0 aromatic rings. The van der Waals surface area contributed by atoms with E-state index in [1.165, 1.54) is 0 Å². The lowest BCUT2D eigenvalue weighted by Crippen LogP contribution is -1.95. The molecule has 0 heterocycles. The molecule has 0 aliphatic heterocycles. The second-order valence-corrected chi connectivity index (χ2v) is 1.12. The fourth-order valence-electron chi connectivity index (χ4n) is 0.0707. The van der Waals surface area contributed by atoms with Crippen LogP contribution in [0.3, 0.4) is 0 Å². The Morgan fingerprint density at radius 2 is 2.33 bits per heavy atom. The van der Waals surface area contributed by atoms with Gasteiger partial charge in [-0.05, 0) is 6.92 Å². The van der Waals surface area contributed by atoms with Crippen LogP contribution in [0.5, 0.6) is 0 Å². The minimum atomic E-state index is 0.0799. The molecule has 36 valence electrons. The van der Waals surface area contributed by atoms with Crippen molar-refractivity contribution in [1.82, 2.24) is 0 Å². The normalized spacial score (nSPS) is 12.2. The summed E-state index contributed by atoms with van der Waals surface area (Å²) in [5.41, 5.74) is 0.773. The van der Waals surface area contributed by atoms with Crippen molar-refractivity contribution in [1.29, 1.82) is 0 Å². The van der Waals surface area contributed by atoms with Crippen molar-refractivity contribution in [2.45, 2.75) is 6.92 Å². The maximum atomic E-state index is 8.20. The van der Waals surface area contributed by atoms with Crippen molar-refractivity contribution in [3.05, 3.63) is 0 Å². The summed E-state index contributed by atoms with van der Waals surface area (Å²) in [6.45, 7) is 1.86. The van der Waals surface area contributed by atoms with Crippen molar-refractivity contribution in [3.63, 3.8) is 0 Å². The molecule has 0 aromatic carbocycles. The Morgan fingerprint density at radius 3 is 2.33 bits per heavy atom. The monoisotopic (exact) mass is 87.1 g/mol. The Bertz CT molecular complexity index is 58.6. The number of hydrogen-bond donors (Lipinski definition) is 1. The molecule has 0 aliphatic carbocycles. The fourth-order valence-corrected chi connectivity index (χ4v) is 0.0707. The Balaban J connectivity index is 3.22. The maximum absolute atomic E-state index is 8.20. The minimum Gasteiger partial charge on any atom is -0.390 e. The molecule has 0 spiro atoms. The third-order valence-electron chi connectivity index (χ3n) is 0.611. The van der Waals surface area contributed by atoms with E-state index in [-0.39, 0.29) is 6.61 Å². The first-order valence-electron chi connectivity index (χ1n) is 1.84. The van der Waals surface area contributed by atoms with Crippen molar-refractivity contribution < 1.29 is 5.11 Å². The molecule has 0 rings (SSSR count). The Labute approximate surface area is 37.5 Å². The van der Waals surface area contributed by atoms with Crippen LogP contribution in [0, 0.1) is 0 Å². The van der Waals surface area contributed by atoms with Crippen molar-refractivity contribution in [2.75, 3.05) is 13.7 Å². The van der Waals surface area contributed by atoms with Crippen LogP contribution < -0.4 is 0 Å². The molecule has 0 bridgehead atoms. The molecule has 2 nitrogen and oxygen atoms in total. The molecular formula is C4H9NO. The second-order valence-electron chi connectivity index (χ2n) is 1.12. The Hall–Kier alpha value is -0.370. The number of aliphatic imine (C=N–C) groups is 1. The van der Waals surface area contributed by atoms with Gasteiger partial charge in [0.15, 0.2) is 0 Å². The highest BCUT2D eigenvalue weighted by Crippen LogP contribution is 1.66. The first-order valence-corrected chi connectivity index (χ1v) is 1.84. The number of hydrogen-bond acceptors (Lipinski definition) is 2. The Morgan fingerprint density at radius 1 is 1.83 bits per heavy atom. The second kappa shape index (κ2) is 2.85. The van der Waals surface area contributed by atoms with Gasteiger partial charge in [0.05, 0.1) is 6.61 Å². The van der Waals surface area contributed by atoms with Crippen LogP contribution >= 0.6 is 0 Å². The predicted octanol–water partition coefficient (Wildman–Crippen LogP) is 0.0694. The molecule has 0 saturated carbocycles. The van der Waals surface area contributed by atoms with Gasteiger partial charge in [0.1, 0.15) is 0 Å². The zero-order chi connectivity index (χ0) is 4.99. The number of aliphatic hydroxyl groups is 1. The van der Waals surface area contributed by atoms with E-state index < -0.39 is 0 Å². The van der Waals surface area contributed by atoms with Gasteiger partial charge in [-0.3, -0.25) is 4.99 Å². The highest BCUT2D eigenvalue weighted by molar-refractivity contribution is 5.82. The van der Waals surface area contributed by atoms with E-state index in [0.717, 1.165) is 5.71 Å². The number of rotatable bonds is 1. The van der Waals surface area contributed by atoms with Crippen LogP contribution in [0.15, 0.2) is 4.99 Å². The SMILES string of the molecule is C/N=C(\C)CO. The van der Waals surface area contributed by atoms with Gasteiger partial charge in [-0.2, -0.15) is 0 Å². The molecule has 0 aromatic heterocycles. The molecular weight excluding hydrogens is 78.0 g/mol. The summed E-state index contributed by atoms with van der Waals surface area (Å²) in [6, 6.07) is 0. The van der Waals surface area contributed by atoms with E-state index in [1.807, 2.05) is 0 Å². The van der Waals surface area contributed by atoms with Gasteiger partial charge >= 0.3 is 0 Å². The van der Waals surface area contributed by atoms with Crippen LogP contribution in [0.2, 0.25) is 0 Å². The van der Waals surface area contributed by atoms with Gasteiger partial charge < -0.3 is 5.11 Å². The van der Waals surface area contributed by atoms with E-state index in [2.05, 4.69) is 4.99 Å². The number of nitrogens with zero attached hydrogens (tertiary/aromatic N) is 1. The molecule has 0 amide bonds. The van der Waals surface area contributed by atoms with Crippen molar-refractivity contribution in [2.24, 2.45) is 4.99 Å². The predicted molar refractivity (Wildman–Crippen MR) is 26.1 cm³/mol. The van der Waals surface area contributed by atoms with Gasteiger partial charge in [0.2, 0.25) is 0 Å². The van der Waals surface area contributed by atoms with Gasteiger partial charge in [0, 0.05) is 12.8 Å². The first kappa shape index (κ1) is 5.63. The van der Waals surface area contributed by atoms with Gasteiger partial charge in [-0.1, -0.05) is 0 Å².